The predicted molar refractivity (Wildman–Crippen MR) is 59.8 cm³/mol. The van der Waals surface area contributed by atoms with Crippen molar-refractivity contribution in [3.05, 3.63) is 35.4 Å². The van der Waals surface area contributed by atoms with Crippen molar-refractivity contribution in [3.63, 3.8) is 0 Å². The molecule has 0 aliphatic carbocycles. The standard InChI is InChI=1S/C13H18O2/c1-2-10-5-7-11(8-6-10)13(14)12-4-3-9-15-12/h5-8,12-14H,2-4,9H2,1H3. The van der Waals surface area contributed by atoms with E-state index < -0.39 is 6.10 Å². The van der Waals surface area contributed by atoms with E-state index in [9.17, 15) is 5.11 Å². The highest BCUT2D eigenvalue weighted by molar-refractivity contribution is 5.24. The van der Waals surface area contributed by atoms with Crippen LogP contribution in [-0.2, 0) is 11.2 Å². The van der Waals surface area contributed by atoms with Crippen molar-refractivity contribution in [2.75, 3.05) is 6.61 Å². The van der Waals surface area contributed by atoms with Gasteiger partial charge in [0, 0.05) is 6.61 Å². The largest absolute Gasteiger partial charge is 0.386 e. The lowest BCUT2D eigenvalue weighted by Crippen LogP contribution is -2.16. The average molecular weight is 206 g/mol. The van der Waals surface area contributed by atoms with Crippen LogP contribution in [-0.4, -0.2) is 17.8 Å². The van der Waals surface area contributed by atoms with Crippen molar-refractivity contribution < 1.29 is 9.84 Å². The van der Waals surface area contributed by atoms with Gasteiger partial charge in [-0.05, 0) is 30.4 Å². The van der Waals surface area contributed by atoms with E-state index in [1.54, 1.807) is 0 Å². The molecule has 2 heteroatoms. The zero-order valence-corrected chi connectivity index (χ0v) is 9.15. The highest BCUT2D eigenvalue weighted by Crippen LogP contribution is 2.26. The Morgan fingerprint density at radius 3 is 2.67 bits per heavy atom. The molecule has 2 nitrogen and oxygen atoms in total. The van der Waals surface area contributed by atoms with E-state index in [1.807, 2.05) is 12.1 Å². The Hall–Kier alpha value is -0.860. The third-order valence-electron chi connectivity index (χ3n) is 3.05. The van der Waals surface area contributed by atoms with Gasteiger partial charge in [0.25, 0.3) is 0 Å². The molecule has 1 fully saturated rings. The minimum Gasteiger partial charge on any atom is -0.386 e. The zero-order valence-electron chi connectivity index (χ0n) is 9.15. The Labute approximate surface area is 90.9 Å². The number of hydrogen-bond donors (Lipinski definition) is 1. The van der Waals surface area contributed by atoms with Gasteiger partial charge in [-0.25, -0.2) is 0 Å². The Balaban J connectivity index is 2.07. The highest BCUT2D eigenvalue weighted by Gasteiger charge is 2.24. The molecule has 1 N–H and O–H groups in total. The maximum absolute atomic E-state index is 10.1. The molecule has 2 atom stereocenters. The topological polar surface area (TPSA) is 29.5 Å². The quantitative estimate of drug-likeness (QED) is 0.823. The van der Waals surface area contributed by atoms with Crippen LogP contribution in [0.25, 0.3) is 0 Å². The molecule has 1 aliphatic heterocycles. The van der Waals surface area contributed by atoms with Gasteiger partial charge in [-0.3, -0.25) is 0 Å². The lowest BCUT2D eigenvalue weighted by atomic mass is 10.0. The minimum absolute atomic E-state index is 0.00234. The van der Waals surface area contributed by atoms with Crippen LogP contribution >= 0.6 is 0 Å². The molecule has 0 saturated carbocycles. The summed E-state index contributed by atoms with van der Waals surface area (Å²) in [6.45, 7) is 2.92. The van der Waals surface area contributed by atoms with Crippen molar-refractivity contribution >= 4 is 0 Å². The molecule has 1 aromatic rings. The molecule has 1 aliphatic rings. The number of aryl methyl sites for hydroxylation is 1. The van der Waals surface area contributed by atoms with E-state index in [0.717, 1.165) is 31.4 Å². The van der Waals surface area contributed by atoms with Gasteiger partial charge in [-0.15, -0.1) is 0 Å². The number of rotatable bonds is 3. The van der Waals surface area contributed by atoms with Crippen LogP contribution in [0.1, 0.15) is 37.0 Å². The van der Waals surface area contributed by atoms with Crippen molar-refractivity contribution in [1.29, 1.82) is 0 Å². The number of aliphatic hydroxyl groups is 1. The molecule has 0 radical (unpaired) electrons. The van der Waals surface area contributed by atoms with Crippen LogP contribution in [0, 0.1) is 0 Å². The van der Waals surface area contributed by atoms with E-state index in [1.165, 1.54) is 5.56 Å². The second kappa shape index (κ2) is 4.77. The third kappa shape index (κ3) is 2.39. The van der Waals surface area contributed by atoms with Crippen LogP contribution in [0.2, 0.25) is 0 Å². The number of benzene rings is 1. The Bertz CT molecular complexity index is 299. The smallest absolute Gasteiger partial charge is 0.105 e. The van der Waals surface area contributed by atoms with E-state index in [2.05, 4.69) is 19.1 Å². The van der Waals surface area contributed by atoms with Gasteiger partial charge in [0.2, 0.25) is 0 Å². The Morgan fingerprint density at radius 2 is 2.13 bits per heavy atom. The summed E-state index contributed by atoms with van der Waals surface area (Å²) in [6, 6.07) is 8.16. The Morgan fingerprint density at radius 1 is 1.40 bits per heavy atom. The molecule has 0 aromatic heterocycles. The van der Waals surface area contributed by atoms with Crippen LogP contribution in [0.3, 0.4) is 0 Å². The van der Waals surface area contributed by atoms with Crippen molar-refractivity contribution in [3.8, 4) is 0 Å². The second-order valence-electron chi connectivity index (χ2n) is 4.09. The zero-order chi connectivity index (χ0) is 10.7. The predicted octanol–water partition coefficient (Wildman–Crippen LogP) is 2.46. The lowest BCUT2D eigenvalue weighted by molar-refractivity contribution is -0.00259. The lowest BCUT2D eigenvalue weighted by Gasteiger charge is -2.17. The monoisotopic (exact) mass is 206 g/mol. The van der Waals surface area contributed by atoms with Crippen molar-refractivity contribution in [2.24, 2.45) is 0 Å². The van der Waals surface area contributed by atoms with Gasteiger partial charge in [0.05, 0.1) is 6.10 Å². The summed E-state index contributed by atoms with van der Waals surface area (Å²) < 4.78 is 5.48. The first kappa shape index (κ1) is 10.7. The van der Waals surface area contributed by atoms with Gasteiger partial charge >= 0.3 is 0 Å². The molecule has 2 rings (SSSR count). The van der Waals surface area contributed by atoms with Crippen LogP contribution in [0.4, 0.5) is 0 Å². The maximum atomic E-state index is 10.1. The van der Waals surface area contributed by atoms with Gasteiger partial charge in [0.15, 0.2) is 0 Å². The molecule has 1 aromatic carbocycles. The normalized spacial score (nSPS) is 22.9. The van der Waals surface area contributed by atoms with Gasteiger partial charge < -0.3 is 9.84 Å². The van der Waals surface area contributed by atoms with Gasteiger partial charge in [-0.1, -0.05) is 31.2 Å². The fourth-order valence-corrected chi connectivity index (χ4v) is 2.02. The second-order valence-corrected chi connectivity index (χ2v) is 4.09. The summed E-state index contributed by atoms with van der Waals surface area (Å²) in [7, 11) is 0. The first-order chi connectivity index (χ1) is 7.31. The summed E-state index contributed by atoms with van der Waals surface area (Å²) in [5.41, 5.74) is 2.28. The third-order valence-corrected chi connectivity index (χ3v) is 3.05. The summed E-state index contributed by atoms with van der Waals surface area (Å²) in [5.74, 6) is 0. The minimum atomic E-state index is -0.460. The van der Waals surface area contributed by atoms with Crippen molar-refractivity contribution in [1.82, 2.24) is 0 Å². The summed E-state index contributed by atoms with van der Waals surface area (Å²) in [6.07, 6.45) is 2.61. The van der Waals surface area contributed by atoms with Crippen LogP contribution in [0.15, 0.2) is 24.3 Å². The molecule has 0 amide bonds. The summed E-state index contributed by atoms with van der Waals surface area (Å²) in [5, 5.41) is 10.1. The maximum Gasteiger partial charge on any atom is 0.105 e. The van der Waals surface area contributed by atoms with Crippen LogP contribution < -0.4 is 0 Å². The molecule has 1 saturated heterocycles. The first-order valence-electron chi connectivity index (χ1n) is 5.69. The van der Waals surface area contributed by atoms with E-state index in [-0.39, 0.29) is 6.10 Å². The number of ether oxygens (including phenoxy) is 1. The molecule has 1 heterocycles. The summed E-state index contributed by atoms with van der Waals surface area (Å²) in [4.78, 5) is 0. The summed E-state index contributed by atoms with van der Waals surface area (Å²) >= 11 is 0. The van der Waals surface area contributed by atoms with Gasteiger partial charge in [0.1, 0.15) is 6.10 Å². The molecule has 2 unspecified atom stereocenters. The van der Waals surface area contributed by atoms with E-state index in [4.69, 9.17) is 4.74 Å². The van der Waals surface area contributed by atoms with E-state index in [0.29, 0.717) is 0 Å². The van der Waals surface area contributed by atoms with Crippen molar-refractivity contribution in [2.45, 2.75) is 38.4 Å². The number of aliphatic hydroxyl groups excluding tert-OH is 1. The molecule has 82 valence electrons. The number of hydrogen-bond acceptors (Lipinski definition) is 2. The molecule has 0 bridgehead atoms. The fraction of sp³-hybridized carbons (Fsp3) is 0.538. The van der Waals surface area contributed by atoms with E-state index >= 15 is 0 Å². The molecule has 15 heavy (non-hydrogen) atoms. The molecule has 0 spiro atoms. The molecular formula is C13H18O2. The van der Waals surface area contributed by atoms with Gasteiger partial charge in [-0.2, -0.15) is 0 Å². The average Bonchev–Trinajstić information content (AvgIpc) is 2.82. The SMILES string of the molecule is CCc1ccc(C(O)C2CCCO2)cc1. The highest BCUT2D eigenvalue weighted by atomic mass is 16.5. The first-order valence-corrected chi connectivity index (χ1v) is 5.69. The fourth-order valence-electron chi connectivity index (χ4n) is 2.02. The Kier molecular flexibility index (Phi) is 3.39. The molecular weight excluding hydrogens is 188 g/mol. The van der Waals surface area contributed by atoms with Crippen LogP contribution in [0.5, 0.6) is 0 Å².